The van der Waals surface area contributed by atoms with Crippen molar-refractivity contribution in [2.75, 3.05) is 0 Å². The van der Waals surface area contributed by atoms with Gasteiger partial charge < -0.3 is 4.74 Å². The molecule has 0 aromatic carbocycles. The Morgan fingerprint density at radius 3 is 2.84 bits per heavy atom. The second-order valence-electron chi connectivity index (χ2n) is 4.49. The van der Waals surface area contributed by atoms with Crippen LogP contribution in [0.25, 0.3) is 0 Å². The van der Waals surface area contributed by atoms with E-state index in [2.05, 4.69) is 16.5 Å². The Hall–Kier alpha value is -0.810. The first-order chi connectivity index (χ1) is 9.33. The summed E-state index contributed by atoms with van der Waals surface area (Å²) < 4.78 is 9.13. The molecule has 0 spiro atoms. The summed E-state index contributed by atoms with van der Waals surface area (Å²) in [4.78, 5) is 0. The molecule has 0 N–H and O–H groups in total. The maximum atomic E-state index is 5.35. The van der Waals surface area contributed by atoms with Crippen molar-refractivity contribution in [3.63, 3.8) is 0 Å². The zero-order chi connectivity index (χ0) is 13.8. The Balaban J connectivity index is 1.96. The van der Waals surface area contributed by atoms with Crippen molar-refractivity contribution >= 4 is 28.8 Å². The van der Waals surface area contributed by atoms with Gasteiger partial charge in [0.15, 0.2) is 5.05 Å². The highest BCUT2D eigenvalue weighted by atomic mass is 32.1. The number of nitrogens with zero attached hydrogens (tertiary/aromatic N) is 2. The third-order valence-electron chi connectivity index (χ3n) is 2.75. The second-order valence-corrected chi connectivity index (χ2v) is 5.56. The normalized spacial score (nSPS) is 11.0. The van der Waals surface area contributed by atoms with Gasteiger partial charge in [0.1, 0.15) is 0 Å². The van der Waals surface area contributed by atoms with Gasteiger partial charge in [-0.25, -0.2) is 0 Å². The fraction of sp³-hybridized carbons (Fsp3) is 0.643. The van der Waals surface area contributed by atoms with Crippen LogP contribution in [0.1, 0.15) is 57.6 Å². The molecule has 0 aliphatic carbocycles. The number of hydrogen-bond acceptors (Lipinski definition) is 5. The maximum Gasteiger partial charge on any atom is 0.172 e. The lowest BCUT2D eigenvalue weighted by molar-refractivity contribution is 0.470. The molecule has 106 valence electrons. The van der Waals surface area contributed by atoms with Crippen molar-refractivity contribution < 1.29 is 4.74 Å². The number of ether oxygens (including phenoxy) is 1. The predicted octanol–water partition coefficient (Wildman–Crippen LogP) is 4.69. The van der Waals surface area contributed by atoms with Gasteiger partial charge in [0.25, 0.3) is 0 Å². The molecule has 0 aliphatic rings. The maximum absolute atomic E-state index is 5.35. The topological polar surface area (TPSA) is 35.0 Å². The lowest BCUT2D eigenvalue weighted by Crippen LogP contribution is -2.01. The first-order valence-corrected chi connectivity index (χ1v) is 8.18. The molecule has 3 nitrogen and oxygen atoms in total. The fourth-order valence-corrected chi connectivity index (χ4v) is 2.34. The van der Waals surface area contributed by atoms with E-state index < -0.39 is 0 Å². The minimum atomic E-state index is 0.548. The quantitative estimate of drug-likeness (QED) is 0.356. The van der Waals surface area contributed by atoms with Crippen molar-refractivity contribution in [2.45, 2.75) is 58.3 Å². The van der Waals surface area contributed by atoms with Gasteiger partial charge in [-0.3, -0.25) is 0 Å². The monoisotopic (exact) mass is 298 g/mol. The molecule has 1 heterocycles. The van der Waals surface area contributed by atoms with Crippen LogP contribution in [0.3, 0.4) is 0 Å². The lowest BCUT2D eigenvalue weighted by Gasteiger charge is -2.00. The second kappa shape index (κ2) is 11.1. The molecule has 0 saturated carbocycles. The van der Waals surface area contributed by atoms with E-state index in [4.69, 9.17) is 17.0 Å². The summed E-state index contributed by atoms with van der Waals surface area (Å²) in [5.41, 5.74) is 0.874. The first kappa shape index (κ1) is 16.2. The molecule has 0 unspecified atom stereocenters. The highest BCUT2D eigenvalue weighted by molar-refractivity contribution is 7.80. The molecule has 1 aromatic rings. The molecule has 0 saturated heterocycles. The van der Waals surface area contributed by atoms with E-state index in [9.17, 15) is 0 Å². The van der Waals surface area contributed by atoms with Crippen LogP contribution >= 0.6 is 23.8 Å². The van der Waals surface area contributed by atoms with Crippen molar-refractivity contribution in [1.29, 1.82) is 0 Å². The predicted molar refractivity (Wildman–Crippen MR) is 84.4 cm³/mol. The third-order valence-corrected chi connectivity index (χ3v) is 3.54. The van der Waals surface area contributed by atoms with Crippen molar-refractivity contribution in [3.05, 3.63) is 23.4 Å². The fourth-order valence-electron chi connectivity index (χ4n) is 1.69. The van der Waals surface area contributed by atoms with Crippen LogP contribution in [-0.4, -0.2) is 14.6 Å². The van der Waals surface area contributed by atoms with Gasteiger partial charge in [-0.15, -0.1) is 5.10 Å². The number of thiocarbonyl (C=S) groups is 1. The van der Waals surface area contributed by atoms with E-state index in [1.54, 1.807) is 6.26 Å². The average Bonchev–Trinajstić information content (AvgIpc) is 2.89. The van der Waals surface area contributed by atoms with Crippen LogP contribution in [-0.2, 0) is 11.2 Å². The number of unbranched alkanes of at least 4 members (excludes halogenated alkanes) is 6. The summed E-state index contributed by atoms with van der Waals surface area (Å²) >= 11 is 6.44. The minimum absolute atomic E-state index is 0.548. The van der Waals surface area contributed by atoms with Gasteiger partial charge in [-0.2, -0.15) is 0 Å². The highest BCUT2D eigenvalue weighted by Gasteiger charge is 2.01. The summed E-state index contributed by atoms with van der Waals surface area (Å²) in [5, 5.41) is 6.36. The van der Waals surface area contributed by atoms with Gasteiger partial charge in [0.05, 0.1) is 18.4 Å². The molecule has 0 radical (unpaired) electrons. The molecule has 0 bridgehead atoms. The van der Waals surface area contributed by atoms with Crippen LogP contribution in [0.15, 0.2) is 17.7 Å². The zero-order valence-corrected chi connectivity index (χ0v) is 13.1. The van der Waals surface area contributed by atoms with E-state index >= 15 is 0 Å². The molecule has 0 aliphatic heterocycles. The molecular formula is C14H22N2OS2. The number of rotatable bonds is 10. The van der Waals surface area contributed by atoms with Crippen molar-refractivity contribution in [2.24, 2.45) is 0 Å². The summed E-state index contributed by atoms with van der Waals surface area (Å²) in [6.45, 7) is 2.24. The Kier molecular flexibility index (Phi) is 9.45. The van der Waals surface area contributed by atoms with Crippen molar-refractivity contribution in [1.82, 2.24) is 9.59 Å². The van der Waals surface area contributed by atoms with Crippen molar-refractivity contribution in [3.8, 4) is 0 Å². The van der Waals surface area contributed by atoms with Crippen LogP contribution in [0.2, 0.25) is 0 Å². The Morgan fingerprint density at radius 1 is 1.32 bits per heavy atom. The number of hydrogen-bond donors (Lipinski definition) is 0. The Morgan fingerprint density at radius 2 is 2.11 bits per heavy atom. The van der Waals surface area contributed by atoms with Crippen LogP contribution < -0.4 is 0 Å². The summed E-state index contributed by atoms with van der Waals surface area (Å²) in [5.74, 6) is 0. The molecule has 0 amide bonds. The molecule has 0 fully saturated rings. The van der Waals surface area contributed by atoms with Gasteiger partial charge in [-0.1, -0.05) is 43.5 Å². The van der Waals surface area contributed by atoms with E-state index in [1.807, 2.05) is 11.5 Å². The highest BCUT2D eigenvalue weighted by Crippen LogP contribution is 2.07. The standard InChI is InChI=1S/C14H22N2OS2/c1-2-3-4-5-6-7-8-9-10-17-14(18)11-13-12-19-16-15-13/h9-10,12H,2-8,11H2,1H3. The summed E-state index contributed by atoms with van der Waals surface area (Å²) in [6.07, 6.45) is 13.3. The van der Waals surface area contributed by atoms with E-state index in [-0.39, 0.29) is 0 Å². The SMILES string of the molecule is CCCCCCCCC=COC(=S)Cc1csnn1. The van der Waals surface area contributed by atoms with Crippen LogP contribution in [0.4, 0.5) is 0 Å². The lowest BCUT2D eigenvalue weighted by atomic mass is 10.1. The zero-order valence-electron chi connectivity index (χ0n) is 11.5. The molecule has 0 atom stereocenters. The Bertz CT molecular complexity index is 364. The Labute approximate surface area is 125 Å². The van der Waals surface area contributed by atoms with Crippen LogP contribution in [0.5, 0.6) is 0 Å². The van der Waals surface area contributed by atoms with Gasteiger partial charge in [0.2, 0.25) is 0 Å². The van der Waals surface area contributed by atoms with Gasteiger partial charge in [-0.05, 0) is 42.7 Å². The largest absolute Gasteiger partial charge is 0.458 e. The molecule has 5 heteroatoms. The first-order valence-electron chi connectivity index (χ1n) is 6.93. The summed E-state index contributed by atoms with van der Waals surface area (Å²) in [6, 6.07) is 0. The molecular weight excluding hydrogens is 276 g/mol. The molecule has 1 rings (SSSR count). The van der Waals surface area contributed by atoms with Gasteiger partial charge >= 0.3 is 0 Å². The van der Waals surface area contributed by atoms with E-state index in [0.29, 0.717) is 11.5 Å². The average molecular weight is 298 g/mol. The smallest absolute Gasteiger partial charge is 0.172 e. The molecule has 19 heavy (non-hydrogen) atoms. The minimum Gasteiger partial charge on any atom is -0.458 e. The summed E-state index contributed by atoms with van der Waals surface area (Å²) in [7, 11) is 0. The third kappa shape index (κ3) is 8.83. The van der Waals surface area contributed by atoms with Crippen LogP contribution in [0, 0.1) is 0 Å². The number of aromatic nitrogens is 2. The van der Waals surface area contributed by atoms with Gasteiger partial charge in [0, 0.05) is 5.38 Å². The molecule has 1 aromatic heterocycles. The van der Waals surface area contributed by atoms with E-state index in [1.165, 1.54) is 50.1 Å². The van der Waals surface area contributed by atoms with E-state index in [0.717, 1.165) is 12.1 Å². The number of allylic oxidation sites excluding steroid dienone is 1.